The second-order valence-electron chi connectivity index (χ2n) is 6.84. The van der Waals surface area contributed by atoms with E-state index in [0.29, 0.717) is 10.9 Å². The number of benzene rings is 1. The van der Waals surface area contributed by atoms with Gasteiger partial charge in [-0.15, -0.1) is 0 Å². The Hall–Kier alpha value is -2.06. The lowest BCUT2D eigenvalue weighted by Crippen LogP contribution is -2.15. The van der Waals surface area contributed by atoms with Crippen LogP contribution in [0.25, 0.3) is 4.85 Å². The summed E-state index contributed by atoms with van der Waals surface area (Å²) in [6.07, 6.45) is 5.60. The molecule has 2 aromatic rings. The van der Waals surface area contributed by atoms with Crippen LogP contribution in [0, 0.1) is 20.4 Å². The minimum atomic E-state index is -0.298. The van der Waals surface area contributed by atoms with Crippen LogP contribution < -0.4 is 5.56 Å². The third-order valence-electron chi connectivity index (χ3n) is 4.66. The second kappa shape index (κ2) is 7.88. The van der Waals surface area contributed by atoms with Gasteiger partial charge in [-0.25, -0.2) is 9.83 Å². The highest BCUT2D eigenvalue weighted by Crippen LogP contribution is 2.35. The molecule has 0 spiro atoms. The van der Waals surface area contributed by atoms with Crippen molar-refractivity contribution in [3.63, 3.8) is 0 Å². The Morgan fingerprint density at radius 2 is 1.88 bits per heavy atom. The number of hydrogen-bond donors (Lipinski definition) is 1. The van der Waals surface area contributed by atoms with Crippen molar-refractivity contribution in [2.24, 2.45) is 0 Å². The summed E-state index contributed by atoms with van der Waals surface area (Å²) in [4.78, 5) is 23.3. The molecule has 1 fully saturated rings. The molecule has 0 amide bonds. The van der Waals surface area contributed by atoms with Crippen molar-refractivity contribution in [2.75, 3.05) is 0 Å². The molecule has 1 N–H and O–H groups in total. The molecule has 0 radical (unpaired) electrons. The average Bonchev–Trinajstić information content (AvgIpc) is 2.59. The van der Waals surface area contributed by atoms with Crippen LogP contribution in [-0.4, -0.2) is 9.97 Å². The maximum Gasteiger partial charge on any atom is 0.271 e. The monoisotopic (exact) mass is 353 g/mol. The summed E-state index contributed by atoms with van der Waals surface area (Å²) in [5, 5.41) is 0.622. The number of aromatic nitrogens is 2. The summed E-state index contributed by atoms with van der Waals surface area (Å²) in [5.74, 6) is 1.01. The molecule has 5 heteroatoms. The summed E-state index contributed by atoms with van der Waals surface area (Å²) in [6.45, 7) is 11.5. The van der Waals surface area contributed by atoms with Crippen LogP contribution >= 0.6 is 11.8 Å². The molecule has 1 aromatic carbocycles. The van der Waals surface area contributed by atoms with E-state index in [9.17, 15) is 4.79 Å². The molecular weight excluding hydrogens is 330 g/mol. The first-order valence-electron chi connectivity index (χ1n) is 8.78. The molecule has 0 aliphatic heterocycles. The highest BCUT2D eigenvalue weighted by molar-refractivity contribution is 7.98. The molecule has 1 aliphatic rings. The zero-order valence-corrected chi connectivity index (χ0v) is 15.6. The topological polar surface area (TPSA) is 50.1 Å². The van der Waals surface area contributed by atoms with Crippen molar-refractivity contribution in [1.29, 1.82) is 0 Å². The van der Waals surface area contributed by atoms with Crippen LogP contribution in [0.5, 0.6) is 0 Å². The molecule has 1 saturated carbocycles. The van der Waals surface area contributed by atoms with E-state index >= 15 is 0 Å². The molecule has 0 atom stereocenters. The first-order valence-corrected chi connectivity index (χ1v) is 9.77. The van der Waals surface area contributed by atoms with Gasteiger partial charge in [-0.05, 0) is 38.2 Å². The van der Waals surface area contributed by atoms with E-state index in [1.165, 1.54) is 34.9 Å². The summed E-state index contributed by atoms with van der Waals surface area (Å²) in [7, 11) is 0. The molecule has 1 aromatic heterocycles. The SMILES string of the molecule is [C-]#[N+]c1c(C2CCCCC2)nc(SCc2cc(C)cc(C)c2)[nH]c1=O. The molecule has 0 saturated heterocycles. The molecule has 25 heavy (non-hydrogen) atoms. The van der Waals surface area contributed by atoms with E-state index in [1.54, 1.807) is 0 Å². The predicted molar refractivity (Wildman–Crippen MR) is 102 cm³/mol. The smallest absolute Gasteiger partial charge is 0.271 e. The van der Waals surface area contributed by atoms with Gasteiger partial charge < -0.3 is 4.98 Å². The van der Waals surface area contributed by atoms with E-state index in [4.69, 9.17) is 6.57 Å². The lowest BCUT2D eigenvalue weighted by Gasteiger charge is -2.22. The minimum absolute atomic E-state index is 0.183. The van der Waals surface area contributed by atoms with Gasteiger partial charge in [0.1, 0.15) is 0 Å². The van der Waals surface area contributed by atoms with Gasteiger partial charge in [0.15, 0.2) is 5.16 Å². The molecule has 0 bridgehead atoms. The van der Waals surface area contributed by atoms with Crippen molar-refractivity contribution in [3.05, 3.63) is 62.4 Å². The normalized spacial score (nSPS) is 15.1. The first-order chi connectivity index (χ1) is 12.1. The summed E-state index contributed by atoms with van der Waals surface area (Å²) < 4.78 is 0. The number of nitrogens with zero attached hydrogens (tertiary/aromatic N) is 2. The van der Waals surface area contributed by atoms with Gasteiger partial charge in [0.25, 0.3) is 11.2 Å². The van der Waals surface area contributed by atoms with Crippen LogP contribution in [0.2, 0.25) is 0 Å². The van der Waals surface area contributed by atoms with Crippen molar-refractivity contribution in [1.82, 2.24) is 9.97 Å². The predicted octanol–water partition coefficient (Wildman–Crippen LogP) is 5.28. The van der Waals surface area contributed by atoms with Crippen molar-refractivity contribution >= 4 is 17.4 Å². The standard InChI is InChI=1S/C20H23N3OS/c1-13-9-14(2)11-15(10-13)12-25-20-22-17(16-7-5-4-6-8-16)18(21-3)19(24)23-20/h9-11,16H,4-8,12H2,1-2H3,(H,22,23,24). The highest BCUT2D eigenvalue weighted by atomic mass is 32.2. The number of aromatic amines is 1. The summed E-state index contributed by atoms with van der Waals surface area (Å²) >= 11 is 1.53. The quantitative estimate of drug-likeness (QED) is 0.462. The fourth-order valence-electron chi connectivity index (χ4n) is 3.60. The molecule has 3 rings (SSSR count). The van der Waals surface area contributed by atoms with Gasteiger partial charge >= 0.3 is 0 Å². The zero-order chi connectivity index (χ0) is 17.8. The maximum atomic E-state index is 12.3. The number of H-pyrrole nitrogens is 1. The number of hydrogen-bond acceptors (Lipinski definition) is 3. The Bertz CT molecular complexity index is 840. The number of nitrogens with one attached hydrogen (secondary N) is 1. The van der Waals surface area contributed by atoms with E-state index in [1.807, 2.05) is 0 Å². The molecule has 4 nitrogen and oxygen atoms in total. The van der Waals surface area contributed by atoms with Crippen LogP contribution in [0.3, 0.4) is 0 Å². The van der Waals surface area contributed by atoms with Crippen LogP contribution in [0.15, 0.2) is 28.2 Å². The Kier molecular flexibility index (Phi) is 5.60. The number of thioether (sulfide) groups is 1. The van der Waals surface area contributed by atoms with Crippen molar-refractivity contribution in [3.8, 4) is 0 Å². The van der Waals surface area contributed by atoms with Gasteiger partial charge in [-0.3, -0.25) is 4.79 Å². The Balaban J connectivity index is 1.85. The van der Waals surface area contributed by atoms with Gasteiger partial charge in [0.05, 0.1) is 12.3 Å². The Labute approximate surface area is 152 Å². The number of aryl methyl sites for hydroxylation is 2. The summed E-state index contributed by atoms with van der Waals surface area (Å²) in [5.41, 5.74) is 4.29. The molecule has 1 heterocycles. The van der Waals surface area contributed by atoms with E-state index < -0.39 is 0 Å². The van der Waals surface area contributed by atoms with Gasteiger partial charge in [-0.1, -0.05) is 60.4 Å². The molecule has 0 unspecified atom stereocenters. The lowest BCUT2D eigenvalue weighted by molar-refractivity contribution is 0.435. The van der Waals surface area contributed by atoms with Crippen LogP contribution in [0.4, 0.5) is 5.69 Å². The van der Waals surface area contributed by atoms with Crippen molar-refractivity contribution < 1.29 is 0 Å². The largest absolute Gasteiger partial charge is 0.311 e. The lowest BCUT2D eigenvalue weighted by atomic mass is 9.86. The van der Waals surface area contributed by atoms with E-state index in [2.05, 4.69) is 46.9 Å². The third kappa shape index (κ3) is 4.32. The molecule has 130 valence electrons. The Morgan fingerprint density at radius 3 is 2.52 bits per heavy atom. The molecule has 1 aliphatic carbocycles. The van der Waals surface area contributed by atoms with Crippen molar-refractivity contribution in [2.45, 2.75) is 62.8 Å². The van der Waals surface area contributed by atoms with Crippen LogP contribution in [0.1, 0.15) is 60.4 Å². The third-order valence-corrected chi connectivity index (χ3v) is 5.61. The number of rotatable bonds is 4. The average molecular weight is 353 g/mol. The highest BCUT2D eigenvalue weighted by Gasteiger charge is 2.23. The van der Waals surface area contributed by atoms with E-state index in [0.717, 1.165) is 31.4 Å². The fraction of sp³-hybridized carbons (Fsp3) is 0.450. The maximum absolute atomic E-state index is 12.3. The van der Waals surface area contributed by atoms with Gasteiger partial charge in [-0.2, -0.15) is 0 Å². The van der Waals surface area contributed by atoms with E-state index in [-0.39, 0.29) is 17.2 Å². The zero-order valence-electron chi connectivity index (χ0n) is 14.8. The summed E-state index contributed by atoms with van der Waals surface area (Å²) in [6, 6.07) is 6.47. The second-order valence-corrected chi connectivity index (χ2v) is 7.80. The van der Waals surface area contributed by atoms with Crippen LogP contribution in [-0.2, 0) is 5.75 Å². The van der Waals surface area contributed by atoms with Gasteiger partial charge in [0, 0.05) is 5.75 Å². The van der Waals surface area contributed by atoms with Gasteiger partial charge in [0.2, 0.25) is 0 Å². The molecular formula is C20H23N3OS. The first kappa shape index (κ1) is 17.8. The Morgan fingerprint density at radius 1 is 1.20 bits per heavy atom. The fourth-order valence-corrected chi connectivity index (χ4v) is 4.40. The minimum Gasteiger partial charge on any atom is -0.311 e.